The Morgan fingerprint density at radius 3 is 2.45 bits per heavy atom. The number of ether oxygens (including phenoxy) is 1. The van der Waals surface area contributed by atoms with Crippen LogP contribution in [0.15, 0.2) is 42.5 Å². The molecule has 0 radical (unpaired) electrons. The fraction of sp³-hybridized carbons (Fsp3) is 0.391. The molecular formula is C23H30ClN3O5S. The van der Waals surface area contributed by atoms with Gasteiger partial charge in [-0.15, -0.1) is 0 Å². The van der Waals surface area contributed by atoms with Crippen molar-refractivity contribution in [2.45, 2.75) is 26.7 Å². The summed E-state index contributed by atoms with van der Waals surface area (Å²) < 4.78 is 30.9. The van der Waals surface area contributed by atoms with Gasteiger partial charge in [-0.1, -0.05) is 37.6 Å². The second-order valence-corrected chi connectivity index (χ2v) is 10.3. The Morgan fingerprint density at radius 1 is 1.15 bits per heavy atom. The quantitative estimate of drug-likeness (QED) is 0.491. The highest BCUT2D eigenvalue weighted by Gasteiger charge is 2.19. The number of carbonyl (C=O) groups excluding carboxylic acids is 2. The molecule has 2 amide bonds. The first-order chi connectivity index (χ1) is 15.5. The molecule has 0 fully saturated rings. The Hall–Kier alpha value is -2.78. The lowest BCUT2D eigenvalue weighted by Gasteiger charge is -2.23. The zero-order chi connectivity index (χ0) is 24.6. The van der Waals surface area contributed by atoms with Gasteiger partial charge in [-0.2, -0.15) is 0 Å². The molecule has 2 aromatic carbocycles. The first kappa shape index (κ1) is 26.5. The van der Waals surface area contributed by atoms with Crippen molar-refractivity contribution in [3.8, 4) is 5.75 Å². The standard InChI is InChI=1S/C23H30ClN3O5S/c1-16(2)15-25-23(29)18-8-5-6-9-20(18)26-22(28)10-7-13-27(33(4,30)31)17-11-12-21(32-3)19(24)14-17/h5-6,8-9,11-12,14,16H,7,10,13,15H2,1-4H3,(H,25,29)(H,26,28). The number of para-hydroxylation sites is 1. The van der Waals surface area contributed by atoms with Crippen LogP contribution in [0.5, 0.6) is 5.75 Å². The third kappa shape index (κ3) is 7.94. The topological polar surface area (TPSA) is 105 Å². The van der Waals surface area contributed by atoms with E-state index in [2.05, 4.69) is 10.6 Å². The fourth-order valence-electron chi connectivity index (χ4n) is 3.07. The average molecular weight is 496 g/mol. The summed E-state index contributed by atoms with van der Waals surface area (Å²) in [6.07, 6.45) is 1.43. The molecular weight excluding hydrogens is 466 g/mol. The molecule has 2 N–H and O–H groups in total. The van der Waals surface area contributed by atoms with Gasteiger partial charge in [-0.3, -0.25) is 13.9 Å². The molecule has 2 aromatic rings. The Labute approximate surface area is 200 Å². The number of hydrogen-bond donors (Lipinski definition) is 2. The van der Waals surface area contributed by atoms with Gasteiger partial charge in [0.1, 0.15) is 5.75 Å². The van der Waals surface area contributed by atoms with E-state index >= 15 is 0 Å². The van der Waals surface area contributed by atoms with Gasteiger partial charge >= 0.3 is 0 Å². The van der Waals surface area contributed by atoms with Crippen LogP contribution in [-0.4, -0.2) is 46.7 Å². The predicted octanol–water partition coefficient (Wildman–Crippen LogP) is 3.92. The molecule has 2 rings (SSSR count). The largest absolute Gasteiger partial charge is 0.495 e. The number of sulfonamides is 1. The number of carbonyl (C=O) groups is 2. The maximum Gasteiger partial charge on any atom is 0.253 e. The van der Waals surface area contributed by atoms with Gasteiger partial charge in [0.15, 0.2) is 0 Å². The minimum atomic E-state index is -3.59. The summed E-state index contributed by atoms with van der Waals surface area (Å²) in [5.41, 5.74) is 1.17. The molecule has 0 bridgehead atoms. The maximum absolute atomic E-state index is 12.5. The Balaban J connectivity index is 2.03. The molecule has 0 aliphatic carbocycles. The number of nitrogens with zero attached hydrogens (tertiary/aromatic N) is 1. The van der Waals surface area contributed by atoms with Gasteiger partial charge in [0, 0.05) is 19.5 Å². The monoisotopic (exact) mass is 495 g/mol. The van der Waals surface area contributed by atoms with Crippen molar-refractivity contribution in [2.24, 2.45) is 5.92 Å². The van der Waals surface area contributed by atoms with E-state index in [0.29, 0.717) is 35.2 Å². The molecule has 8 nitrogen and oxygen atoms in total. The smallest absolute Gasteiger partial charge is 0.253 e. The highest BCUT2D eigenvalue weighted by molar-refractivity contribution is 7.92. The lowest BCUT2D eigenvalue weighted by atomic mass is 10.1. The molecule has 0 aliphatic heterocycles. The van der Waals surface area contributed by atoms with Crippen LogP contribution in [0.1, 0.15) is 37.0 Å². The van der Waals surface area contributed by atoms with E-state index in [1.54, 1.807) is 36.4 Å². The van der Waals surface area contributed by atoms with Gasteiger partial charge in [0.2, 0.25) is 15.9 Å². The molecule has 180 valence electrons. The highest BCUT2D eigenvalue weighted by Crippen LogP contribution is 2.30. The molecule has 33 heavy (non-hydrogen) atoms. The second kappa shape index (κ2) is 11.9. The van der Waals surface area contributed by atoms with Gasteiger partial charge < -0.3 is 15.4 Å². The lowest BCUT2D eigenvalue weighted by molar-refractivity contribution is -0.116. The van der Waals surface area contributed by atoms with Crippen LogP contribution in [0.3, 0.4) is 0 Å². The number of amides is 2. The third-order valence-electron chi connectivity index (χ3n) is 4.71. The van der Waals surface area contributed by atoms with E-state index in [1.165, 1.54) is 17.5 Å². The van der Waals surface area contributed by atoms with Crippen molar-refractivity contribution < 1.29 is 22.7 Å². The van der Waals surface area contributed by atoms with E-state index < -0.39 is 10.0 Å². The van der Waals surface area contributed by atoms with Gasteiger partial charge in [0.05, 0.1) is 35.3 Å². The van der Waals surface area contributed by atoms with Gasteiger partial charge in [0.25, 0.3) is 5.91 Å². The maximum atomic E-state index is 12.5. The average Bonchev–Trinajstić information content (AvgIpc) is 2.74. The van der Waals surface area contributed by atoms with Crippen molar-refractivity contribution in [1.82, 2.24) is 5.32 Å². The van der Waals surface area contributed by atoms with Crippen molar-refractivity contribution in [1.29, 1.82) is 0 Å². The van der Waals surface area contributed by atoms with Crippen molar-refractivity contribution >= 4 is 44.8 Å². The molecule has 0 unspecified atom stereocenters. The summed E-state index contributed by atoms with van der Waals surface area (Å²) in [5.74, 6) is 0.151. The summed E-state index contributed by atoms with van der Waals surface area (Å²) in [4.78, 5) is 25.0. The van der Waals surface area contributed by atoms with E-state index in [0.717, 1.165) is 6.26 Å². The van der Waals surface area contributed by atoms with Crippen LogP contribution in [0.4, 0.5) is 11.4 Å². The minimum Gasteiger partial charge on any atom is -0.495 e. The number of methoxy groups -OCH3 is 1. The first-order valence-corrected chi connectivity index (χ1v) is 12.7. The third-order valence-corrected chi connectivity index (χ3v) is 6.19. The Morgan fingerprint density at radius 2 is 1.85 bits per heavy atom. The number of anilines is 2. The summed E-state index contributed by atoms with van der Waals surface area (Å²) in [7, 11) is -2.12. The molecule has 0 atom stereocenters. The summed E-state index contributed by atoms with van der Waals surface area (Å²) in [5, 5.41) is 5.87. The van der Waals surface area contributed by atoms with Crippen LogP contribution >= 0.6 is 11.6 Å². The van der Waals surface area contributed by atoms with Crippen molar-refractivity contribution in [3.05, 3.63) is 53.1 Å². The minimum absolute atomic E-state index is 0.0673. The SMILES string of the molecule is COc1ccc(N(CCCC(=O)Nc2ccccc2C(=O)NCC(C)C)S(C)(=O)=O)cc1Cl. The Bertz CT molecular complexity index is 1090. The van der Waals surface area contributed by atoms with Gasteiger partial charge in [-0.05, 0) is 42.7 Å². The number of rotatable bonds is 11. The van der Waals surface area contributed by atoms with Crippen LogP contribution in [0.2, 0.25) is 5.02 Å². The normalized spacial score (nSPS) is 11.2. The van der Waals surface area contributed by atoms with E-state index in [4.69, 9.17) is 16.3 Å². The molecule has 0 saturated heterocycles. The predicted molar refractivity (Wildman–Crippen MR) is 132 cm³/mol. The molecule has 0 saturated carbocycles. The lowest BCUT2D eigenvalue weighted by Crippen LogP contribution is -2.31. The van der Waals surface area contributed by atoms with Crippen LogP contribution in [0, 0.1) is 5.92 Å². The zero-order valence-corrected chi connectivity index (χ0v) is 20.8. The summed E-state index contributed by atoms with van der Waals surface area (Å²) in [6.45, 7) is 4.60. The molecule has 0 heterocycles. The van der Waals surface area contributed by atoms with Crippen LogP contribution in [0.25, 0.3) is 0 Å². The second-order valence-electron chi connectivity index (χ2n) is 7.96. The van der Waals surface area contributed by atoms with Gasteiger partial charge in [-0.25, -0.2) is 8.42 Å². The van der Waals surface area contributed by atoms with E-state index in [9.17, 15) is 18.0 Å². The zero-order valence-electron chi connectivity index (χ0n) is 19.2. The van der Waals surface area contributed by atoms with Crippen LogP contribution in [-0.2, 0) is 14.8 Å². The number of nitrogens with one attached hydrogen (secondary N) is 2. The van der Waals surface area contributed by atoms with Crippen molar-refractivity contribution in [2.75, 3.05) is 36.1 Å². The first-order valence-electron chi connectivity index (χ1n) is 10.5. The Kier molecular flexibility index (Phi) is 9.55. The molecule has 10 heteroatoms. The van der Waals surface area contributed by atoms with Crippen molar-refractivity contribution in [3.63, 3.8) is 0 Å². The number of hydrogen-bond acceptors (Lipinski definition) is 5. The summed E-state index contributed by atoms with van der Waals surface area (Å²) in [6, 6.07) is 11.4. The van der Waals surface area contributed by atoms with Crippen LogP contribution < -0.4 is 19.7 Å². The fourth-order valence-corrected chi connectivity index (χ4v) is 4.28. The number of halogens is 1. The molecule has 0 aromatic heterocycles. The molecule has 0 aliphatic rings. The highest BCUT2D eigenvalue weighted by atomic mass is 35.5. The summed E-state index contributed by atoms with van der Waals surface area (Å²) >= 11 is 6.14. The number of benzene rings is 2. The molecule has 0 spiro atoms. The van der Waals surface area contributed by atoms with E-state index in [-0.39, 0.29) is 36.2 Å². The van der Waals surface area contributed by atoms with E-state index in [1.807, 2.05) is 13.8 Å².